The molecule has 1 aromatic heterocycles. The Hall–Kier alpha value is -2.15. The van der Waals surface area contributed by atoms with Crippen molar-refractivity contribution in [3.05, 3.63) is 29.0 Å². The van der Waals surface area contributed by atoms with Gasteiger partial charge in [-0.3, -0.25) is 0 Å². The van der Waals surface area contributed by atoms with Crippen molar-refractivity contribution in [2.75, 3.05) is 7.11 Å². The van der Waals surface area contributed by atoms with E-state index in [1.54, 1.807) is 12.1 Å². The standard InChI is InChI=1S/C9H7ClN4O3/c1-17-7-3-2-5(10)4-6(7)14-8(9(15)16)11-12-13-14/h2-4H,1H3,(H,15,16). The Balaban J connectivity index is 2.63. The molecular formula is C9H7ClN4O3. The van der Waals surface area contributed by atoms with E-state index in [4.69, 9.17) is 21.4 Å². The number of carbonyl (C=O) groups is 1. The van der Waals surface area contributed by atoms with Gasteiger partial charge in [0.15, 0.2) is 0 Å². The molecule has 0 atom stereocenters. The lowest BCUT2D eigenvalue weighted by molar-refractivity contribution is 0.0680. The molecular weight excluding hydrogens is 248 g/mol. The average Bonchev–Trinajstić information content (AvgIpc) is 2.77. The second-order valence-electron chi connectivity index (χ2n) is 3.04. The number of aromatic nitrogens is 4. The Morgan fingerprint density at radius 1 is 1.53 bits per heavy atom. The molecule has 88 valence electrons. The minimum Gasteiger partial charge on any atom is -0.494 e. The highest BCUT2D eigenvalue weighted by Crippen LogP contribution is 2.26. The molecule has 0 unspecified atom stereocenters. The van der Waals surface area contributed by atoms with Crippen LogP contribution in [0.3, 0.4) is 0 Å². The summed E-state index contributed by atoms with van der Waals surface area (Å²) in [5.74, 6) is -1.13. The number of ether oxygens (including phenoxy) is 1. The van der Waals surface area contributed by atoms with Crippen molar-refractivity contribution < 1.29 is 14.6 Å². The van der Waals surface area contributed by atoms with Gasteiger partial charge in [-0.05, 0) is 28.6 Å². The summed E-state index contributed by atoms with van der Waals surface area (Å²) in [5.41, 5.74) is 0.363. The molecule has 2 aromatic rings. The molecule has 0 saturated heterocycles. The summed E-state index contributed by atoms with van der Waals surface area (Å²) >= 11 is 5.84. The number of tetrazole rings is 1. The Labute approximate surface area is 101 Å². The van der Waals surface area contributed by atoms with Gasteiger partial charge in [0.1, 0.15) is 11.4 Å². The van der Waals surface area contributed by atoms with Crippen LogP contribution < -0.4 is 4.74 Å². The summed E-state index contributed by atoms with van der Waals surface area (Å²) < 4.78 is 6.14. The van der Waals surface area contributed by atoms with Gasteiger partial charge in [-0.1, -0.05) is 11.6 Å². The van der Waals surface area contributed by atoms with Gasteiger partial charge in [-0.2, -0.15) is 4.68 Å². The maximum Gasteiger partial charge on any atom is 0.376 e. The van der Waals surface area contributed by atoms with Crippen LogP contribution in [0.1, 0.15) is 10.6 Å². The van der Waals surface area contributed by atoms with Crippen LogP contribution in [0, 0.1) is 0 Å². The largest absolute Gasteiger partial charge is 0.494 e. The topological polar surface area (TPSA) is 90.1 Å². The third kappa shape index (κ3) is 2.04. The van der Waals surface area contributed by atoms with Crippen LogP contribution in [0.2, 0.25) is 5.02 Å². The van der Waals surface area contributed by atoms with E-state index in [9.17, 15) is 4.79 Å². The van der Waals surface area contributed by atoms with Gasteiger partial charge < -0.3 is 9.84 Å². The number of aromatic carboxylic acids is 1. The van der Waals surface area contributed by atoms with E-state index in [0.29, 0.717) is 16.5 Å². The molecule has 0 aliphatic heterocycles. The second-order valence-corrected chi connectivity index (χ2v) is 3.47. The lowest BCUT2D eigenvalue weighted by Crippen LogP contribution is -2.10. The first-order valence-electron chi connectivity index (χ1n) is 4.49. The van der Waals surface area contributed by atoms with Crippen LogP contribution in [0.25, 0.3) is 5.69 Å². The molecule has 1 aromatic carbocycles. The van der Waals surface area contributed by atoms with E-state index in [2.05, 4.69) is 15.5 Å². The van der Waals surface area contributed by atoms with Crippen LogP contribution in [-0.4, -0.2) is 38.4 Å². The first-order valence-corrected chi connectivity index (χ1v) is 4.87. The van der Waals surface area contributed by atoms with Gasteiger partial charge in [0.2, 0.25) is 0 Å². The van der Waals surface area contributed by atoms with Crippen LogP contribution in [-0.2, 0) is 0 Å². The molecule has 0 fully saturated rings. The molecule has 17 heavy (non-hydrogen) atoms. The summed E-state index contributed by atoms with van der Waals surface area (Å²) in [7, 11) is 1.46. The predicted molar refractivity (Wildman–Crippen MR) is 57.7 cm³/mol. The third-order valence-corrected chi connectivity index (χ3v) is 2.26. The van der Waals surface area contributed by atoms with Gasteiger partial charge in [-0.25, -0.2) is 4.79 Å². The van der Waals surface area contributed by atoms with Gasteiger partial charge in [0.25, 0.3) is 5.82 Å². The molecule has 0 aliphatic rings. The number of carboxylic acids is 1. The van der Waals surface area contributed by atoms with Crippen LogP contribution in [0.4, 0.5) is 0 Å². The second kappa shape index (κ2) is 4.38. The number of methoxy groups -OCH3 is 1. The normalized spacial score (nSPS) is 10.2. The van der Waals surface area contributed by atoms with Gasteiger partial charge in [0, 0.05) is 5.02 Å². The van der Waals surface area contributed by atoms with E-state index < -0.39 is 5.97 Å². The molecule has 1 N–H and O–H groups in total. The Morgan fingerprint density at radius 3 is 2.94 bits per heavy atom. The zero-order valence-corrected chi connectivity index (χ0v) is 9.42. The summed E-state index contributed by atoms with van der Waals surface area (Å²) in [6, 6.07) is 4.74. The van der Waals surface area contributed by atoms with Crippen molar-refractivity contribution in [2.45, 2.75) is 0 Å². The quantitative estimate of drug-likeness (QED) is 0.880. The molecule has 7 nitrogen and oxygen atoms in total. The lowest BCUT2D eigenvalue weighted by atomic mass is 10.3. The smallest absolute Gasteiger partial charge is 0.376 e. The van der Waals surface area contributed by atoms with Gasteiger partial charge in [-0.15, -0.1) is 5.10 Å². The average molecular weight is 255 g/mol. The van der Waals surface area contributed by atoms with E-state index in [1.165, 1.54) is 13.2 Å². The minimum atomic E-state index is -1.24. The first-order chi connectivity index (χ1) is 8.13. The fraction of sp³-hybridized carbons (Fsp3) is 0.111. The zero-order chi connectivity index (χ0) is 12.4. The molecule has 0 bridgehead atoms. The van der Waals surface area contributed by atoms with Crippen LogP contribution in [0.15, 0.2) is 18.2 Å². The third-order valence-electron chi connectivity index (χ3n) is 2.03. The molecule has 0 amide bonds. The maximum atomic E-state index is 10.9. The molecule has 0 saturated carbocycles. The molecule has 0 radical (unpaired) electrons. The minimum absolute atomic E-state index is 0.314. The number of nitrogens with zero attached hydrogens (tertiary/aromatic N) is 4. The fourth-order valence-corrected chi connectivity index (χ4v) is 1.48. The SMILES string of the molecule is COc1ccc(Cl)cc1-n1nnnc1C(=O)O. The number of halogens is 1. The summed E-state index contributed by atoms with van der Waals surface area (Å²) in [6.45, 7) is 0. The molecule has 1 heterocycles. The van der Waals surface area contributed by atoms with E-state index in [0.717, 1.165) is 4.68 Å². The summed E-state index contributed by atoms with van der Waals surface area (Å²) in [4.78, 5) is 10.9. The van der Waals surface area contributed by atoms with Crippen molar-refractivity contribution >= 4 is 17.6 Å². The number of rotatable bonds is 3. The first kappa shape index (κ1) is 11.3. The number of benzene rings is 1. The van der Waals surface area contributed by atoms with Gasteiger partial charge in [0.05, 0.1) is 7.11 Å². The zero-order valence-electron chi connectivity index (χ0n) is 8.66. The maximum absolute atomic E-state index is 10.9. The van der Waals surface area contributed by atoms with E-state index in [1.807, 2.05) is 0 Å². The monoisotopic (exact) mass is 254 g/mol. The fourth-order valence-electron chi connectivity index (χ4n) is 1.31. The van der Waals surface area contributed by atoms with E-state index in [-0.39, 0.29) is 5.82 Å². The summed E-state index contributed by atoms with van der Waals surface area (Å²) in [5, 5.41) is 19.6. The van der Waals surface area contributed by atoms with Crippen molar-refractivity contribution in [3.8, 4) is 11.4 Å². The van der Waals surface area contributed by atoms with Crippen molar-refractivity contribution in [2.24, 2.45) is 0 Å². The van der Waals surface area contributed by atoms with Crippen molar-refractivity contribution in [1.82, 2.24) is 20.2 Å². The predicted octanol–water partition coefficient (Wildman–Crippen LogP) is 1.02. The molecule has 8 heteroatoms. The molecule has 2 rings (SSSR count). The van der Waals surface area contributed by atoms with Crippen LogP contribution >= 0.6 is 11.6 Å². The highest BCUT2D eigenvalue weighted by molar-refractivity contribution is 6.30. The molecule has 0 aliphatic carbocycles. The number of hydrogen-bond acceptors (Lipinski definition) is 5. The number of carboxylic acid groups (broad SMARTS) is 1. The van der Waals surface area contributed by atoms with Crippen molar-refractivity contribution in [1.29, 1.82) is 0 Å². The van der Waals surface area contributed by atoms with Crippen LogP contribution in [0.5, 0.6) is 5.75 Å². The summed E-state index contributed by atoms with van der Waals surface area (Å²) in [6.07, 6.45) is 0. The van der Waals surface area contributed by atoms with Crippen molar-refractivity contribution in [3.63, 3.8) is 0 Å². The highest BCUT2D eigenvalue weighted by atomic mass is 35.5. The molecule has 0 spiro atoms. The van der Waals surface area contributed by atoms with E-state index >= 15 is 0 Å². The Kier molecular flexibility index (Phi) is 2.92. The Bertz CT molecular complexity index is 569. The lowest BCUT2D eigenvalue weighted by Gasteiger charge is -2.08. The highest BCUT2D eigenvalue weighted by Gasteiger charge is 2.18. The number of hydrogen-bond donors (Lipinski definition) is 1. The van der Waals surface area contributed by atoms with Gasteiger partial charge >= 0.3 is 5.97 Å². The Morgan fingerprint density at radius 2 is 2.29 bits per heavy atom.